The van der Waals surface area contributed by atoms with Crippen molar-refractivity contribution in [1.29, 1.82) is 0 Å². The molecule has 0 aromatic rings. The summed E-state index contributed by atoms with van der Waals surface area (Å²) in [6.07, 6.45) is 3.27. The summed E-state index contributed by atoms with van der Waals surface area (Å²) in [5.41, 5.74) is 5.73. The minimum Gasteiger partial charge on any atom is -0.391 e. The maximum Gasteiger partial charge on any atom is 0.342 e. The van der Waals surface area contributed by atoms with Crippen LogP contribution in [0, 0.1) is 5.92 Å². The lowest BCUT2D eigenvalue weighted by molar-refractivity contribution is -0.202. The maximum absolute atomic E-state index is 12.2. The van der Waals surface area contributed by atoms with Gasteiger partial charge < -0.3 is 20.6 Å². The smallest absolute Gasteiger partial charge is 0.342 e. The van der Waals surface area contributed by atoms with E-state index in [0.29, 0.717) is 25.8 Å². The minimum atomic E-state index is -0.825. The van der Waals surface area contributed by atoms with E-state index in [9.17, 15) is 14.4 Å². The highest BCUT2D eigenvalue weighted by atomic mass is 16.7. The van der Waals surface area contributed by atoms with Gasteiger partial charge >= 0.3 is 17.9 Å². The molecule has 0 unspecified atom stereocenters. The van der Waals surface area contributed by atoms with Crippen molar-refractivity contribution in [3.8, 4) is 0 Å². The van der Waals surface area contributed by atoms with Crippen LogP contribution >= 0.6 is 0 Å². The summed E-state index contributed by atoms with van der Waals surface area (Å²) in [5, 5.41) is 4.38. The molecular formula is C16H27N3O5. The van der Waals surface area contributed by atoms with Crippen LogP contribution in [0.5, 0.6) is 0 Å². The van der Waals surface area contributed by atoms with Crippen molar-refractivity contribution < 1.29 is 24.0 Å². The Labute approximate surface area is 142 Å². The van der Waals surface area contributed by atoms with Gasteiger partial charge in [0.2, 0.25) is 0 Å². The van der Waals surface area contributed by atoms with Crippen LogP contribution in [-0.4, -0.2) is 54.2 Å². The molecule has 2 fully saturated rings. The first kappa shape index (κ1) is 18.8. The van der Waals surface area contributed by atoms with E-state index < -0.39 is 30.0 Å². The number of hydroxylamine groups is 2. The lowest BCUT2D eigenvalue weighted by Crippen LogP contribution is -2.45. The number of carbonyl (C=O) groups excluding carboxylic acids is 3. The molecule has 0 spiro atoms. The third kappa shape index (κ3) is 4.99. The lowest BCUT2D eigenvalue weighted by Gasteiger charge is -2.23. The quantitative estimate of drug-likeness (QED) is 0.517. The second-order valence-electron chi connectivity index (χ2n) is 6.83. The molecule has 0 radical (unpaired) electrons. The Bertz CT molecular complexity index is 476. The molecule has 2 rings (SSSR count). The summed E-state index contributed by atoms with van der Waals surface area (Å²) in [6, 6.07) is -1.90. The largest absolute Gasteiger partial charge is 0.391 e. The number of nitrogens with two attached hydrogens (primary N) is 1. The molecule has 0 bridgehead atoms. The fourth-order valence-corrected chi connectivity index (χ4v) is 3.00. The predicted molar refractivity (Wildman–Crippen MR) is 85.4 cm³/mol. The molecule has 0 aliphatic carbocycles. The zero-order valence-corrected chi connectivity index (χ0v) is 14.3. The number of rotatable bonds is 6. The van der Waals surface area contributed by atoms with Crippen molar-refractivity contribution >= 4 is 17.9 Å². The summed E-state index contributed by atoms with van der Waals surface area (Å²) in [5.74, 6) is -1.60. The average molecular weight is 341 g/mol. The maximum atomic E-state index is 12.2. The van der Waals surface area contributed by atoms with Crippen LogP contribution in [0.25, 0.3) is 0 Å². The highest BCUT2D eigenvalue weighted by molar-refractivity contribution is 5.91. The van der Waals surface area contributed by atoms with Crippen molar-refractivity contribution in [3.05, 3.63) is 0 Å². The van der Waals surface area contributed by atoms with Crippen LogP contribution in [0.3, 0.4) is 0 Å². The minimum absolute atomic E-state index is 0.227. The molecule has 24 heavy (non-hydrogen) atoms. The summed E-state index contributed by atoms with van der Waals surface area (Å²) < 4.78 is 4.88. The molecule has 0 aromatic carbocycles. The Kier molecular flexibility index (Phi) is 6.70. The van der Waals surface area contributed by atoms with Gasteiger partial charge in [-0.1, -0.05) is 13.8 Å². The zero-order valence-electron chi connectivity index (χ0n) is 14.3. The van der Waals surface area contributed by atoms with E-state index in [2.05, 4.69) is 5.32 Å². The molecule has 8 nitrogen and oxygen atoms in total. The average Bonchev–Trinajstić information content (AvgIpc) is 3.17. The highest BCUT2D eigenvalue weighted by Gasteiger charge is 2.38. The number of nitrogens with zero attached hydrogens (tertiary/aromatic N) is 1. The Hall–Kier alpha value is -1.51. The second-order valence-corrected chi connectivity index (χ2v) is 6.83. The topological polar surface area (TPSA) is 111 Å². The number of nitrogens with one attached hydrogen (secondary N) is 1. The number of esters is 2. The highest BCUT2D eigenvalue weighted by Crippen LogP contribution is 2.20. The summed E-state index contributed by atoms with van der Waals surface area (Å²) in [6.45, 7) is 5.10. The van der Waals surface area contributed by atoms with Crippen LogP contribution in [0.1, 0.15) is 46.0 Å². The Morgan fingerprint density at radius 1 is 1.21 bits per heavy atom. The molecule has 2 heterocycles. The van der Waals surface area contributed by atoms with E-state index in [0.717, 1.165) is 19.4 Å². The van der Waals surface area contributed by atoms with Crippen molar-refractivity contribution in [1.82, 2.24) is 10.4 Å². The van der Waals surface area contributed by atoms with Gasteiger partial charge in [-0.3, -0.25) is 0 Å². The lowest BCUT2D eigenvalue weighted by atomic mass is 10.1. The molecule has 2 aliphatic rings. The molecule has 3 N–H and O–H groups in total. The summed E-state index contributed by atoms with van der Waals surface area (Å²) in [4.78, 5) is 41.5. The van der Waals surface area contributed by atoms with E-state index in [-0.39, 0.29) is 12.0 Å². The monoisotopic (exact) mass is 341 g/mol. The Morgan fingerprint density at radius 3 is 2.58 bits per heavy atom. The van der Waals surface area contributed by atoms with Crippen molar-refractivity contribution in [2.45, 2.75) is 64.1 Å². The van der Waals surface area contributed by atoms with Gasteiger partial charge in [0.05, 0.1) is 0 Å². The molecule has 8 heteroatoms. The summed E-state index contributed by atoms with van der Waals surface area (Å²) >= 11 is 0. The van der Waals surface area contributed by atoms with E-state index in [4.69, 9.17) is 15.3 Å². The number of ether oxygens (including phenoxy) is 1. The van der Waals surface area contributed by atoms with E-state index in [1.54, 1.807) is 0 Å². The zero-order chi connectivity index (χ0) is 17.7. The predicted octanol–water partition coefficient (Wildman–Crippen LogP) is 0.104. The SMILES string of the molecule is CC(C)C[C@H](N)C(=O)OC(=O)[C@@H]1CCCN1OC(=O)[C@@H]1CCCN1. The third-order valence-electron chi connectivity index (χ3n) is 4.26. The molecule has 0 amide bonds. The standard InChI is InChI=1S/C16H27N3O5/c1-10(2)9-11(17)14(20)23-16(22)13-6-4-8-19(13)24-15(21)12-5-3-7-18-12/h10-13,18H,3-9,17H2,1-2H3/t11-,12-,13-/m0/s1. The Balaban J connectivity index is 1.85. The van der Waals surface area contributed by atoms with Crippen LogP contribution in [0.15, 0.2) is 0 Å². The molecular weight excluding hydrogens is 314 g/mol. The second kappa shape index (κ2) is 8.55. The van der Waals surface area contributed by atoms with Crippen molar-refractivity contribution in [2.75, 3.05) is 13.1 Å². The van der Waals surface area contributed by atoms with Gasteiger partial charge in [0.1, 0.15) is 18.1 Å². The van der Waals surface area contributed by atoms with Gasteiger partial charge in [0, 0.05) is 6.54 Å². The van der Waals surface area contributed by atoms with E-state index in [1.807, 2.05) is 13.8 Å². The van der Waals surface area contributed by atoms with Crippen molar-refractivity contribution in [2.24, 2.45) is 11.7 Å². The van der Waals surface area contributed by atoms with Crippen LogP contribution in [0.4, 0.5) is 0 Å². The van der Waals surface area contributed by atoms with Gasteiger partial charge in [-0.25, -0.2) is 14.4 Å². The molecule has 2 saturated heterocycles. The Morgan fingerprint density at radius 2 is 1.96 bits per heavy atom. The first-order valence-corrected chi connectivity index (χ1v) is 8.61. The number of hydrogen-bond acceptors (Lipinski definition) is 8. The van der Waals surface area contributed by atoms with Gasteiger partial charge in [0.25, 0.3) is 0 Å². The van der Waals surface area contributed by atoms with Gasteiger partial charge in [-0.15, -0.1) is 5.06 Å². The molecule has 136 valence electrons. The van der Waals surface area contributed by atoms with E-state index >= 15 is 0 Å². The van der Waals surface area contributed by atoms with Crippen LogP contribution in [-0.2, 0) is 24.0 Å². The number of carbonyl (C=O) groups is 3. The fraction of sp³-hybridized carbons (Fsp3) is 0.812. The molecule has 0 saturated carbocycles. The molecule has 0 aromatic heterocycles. The third-order valence-corrected chi connectivity index (χ3v) is 4.26. The van der Waals surface area contributed by atoms with Crippen molar-refractivity contribution in [3.63, 3.8) is 0 Å². The summed E-state index contributed by atoms with van der Waals surface area (Å²) in [7, 11) is 0. The van der Waals surface area contributed by atoms with Gasteiger partial charge in [-0.05, 0) is 44.6 Å². The van der Waals surface area contributed by atoms with Crippen LogP contribution in [0.2, 0.25) is 0 Å². The molecule has 2 aliphatic heterocycles. The number of hydrogen-bond donors (Lipinski definition) is 2. The molecule has 3 atom stereocenters. The first-order valence-electron chi connectivity index (χ1n) is 8.61. The van der Waals surface area contributed by atoms with E-state index in [1.165, 1.54) is 5.06 Å². The first-order chi connectivity index (χ1) is 11.4. The van der Waals surface area contributed by atoms with Gasteiger partial charge in [-0.2, -0.15) is 0 Å². The fourth-order valence-electron chi connectivity index (χ4n) is 3.00. The van der Waals surface area contributed by atoms with Gasteiger partial charge in [0.15, 0.2) is 0 Å². The van der Waals surface area contributed by atoms with Crippen LogP contribution < -0.4 is 11.1 Å². The normalized spacial score (nSPS) is 25.7.